The van der Waals surface area contributed by atoms with Crippen LogP contribution in [0.5, 0.6) is 0 Å². The number of hydrogen-bond acceptors (Lipinski definition) is 5. The van der Waals surface area contributed by atoms with Crippen LogP contribution in [0.15, 0.2) is 47.4 Å². The van der Waals surface area contributed by atoms with E-state index in [4.69, 9.17) is 21.6 Å². The Balaban J connectivity index is 1.89. The van der Waals surface area contributed by atoms with Crippen molar-refractivity contribution in [2.24, 2.45) is 0 Å². The number of thioether (sulfide) groups is 1. The van der Waals surface area contributed by atoms with Gasteiger partial charge in [-0.05, 0) is 24.3 Å². The Kier molecular flexibility index (Phi) is 7.45. The van der Waals surface area contributed by atoms with Crippen LogP contribution in [0.3, 0.4) is 0 Å². The van der Waals surface area contributed by atoms with Crippen molar-refractivity contribution in [1.82, 2.24) is 0 Å². The summed E-state index contributed by atoms with van der Waals surface area (Å²) in [4.78, 5) is 24.5. The number of halogens is 2. The third-order valence-electron chi connectivity index (χ3n) is 3.20. The predicted molar refractivity (Wildman–Crippen MR) is 97.5 cm³/mol. The van der Waals surface area contributed by atoms with Gasteiger partial charge < -0.3 is 10.1 Å². The van der Waals surface area contributed by atoms with Crippen LogP contribution in [0.25, 0.3) is 0 Å². The van der Waals surface area contributed by atoms with Crippen molar-refractivity contribution in [1.29, 1.82) is 5.26 Å². The largest absolute Gasteiger partial charge is 0.455 e. The third-order valence-corrected chi connectivity index (χ3v) is 4.49. The summed E-state index contributed by atoms with van der Waals surface area (Å²) in [6.45, 7) is -0.512. The molecule has 0 spiro atoms. The highest BCUT2D eigenvalue weighted by molar-refractivity contribution is 7.99. The van der Waals surface area contributed by atoms with E-state index in [1.807, 2.05) is 6.07 Å². The molecule has 0 aromatic heterocycles. The van der Waals surface area contributed by atoms with Crippen molar-refractivity contribution < 1.29 is 18.7 Å². The van der Waals surface area contributed by atoms with E-state index in [1.165, 1.54) is 30.0 Å². The SMILES string of the molecule is N#CCSc1ccccc1NC(=O)COC(=O)Cc1c(F)cccc1Cl. The Morgan fingerprint density at radius 2 is 2.00 bits per heavy atom. The Labute approximate surface area is 159 Å². The van der Waals surface area contributed by atoms with Gasteiger partial charge in [-0.2, -0.15) is 5.26 Å². The van der Waals surface area contributed by atoms with Gasteiger partial charge in [-0.25, -0.2) is 4.39 Å². The summed E-state index contributed by atoms with van der Waals surface area (Å²) in [6, 6.07) is 13.1. The number of amides is 1. The number of nitrogens with zero attached hydrogens (tertiary/aromatic N) is 1. The summed E-state index contributed by atoms with van der Waals surface area (Å²) in [5.74, 6) is -1.67. The number of carbonyl (C=O) groups is 2. The number of para-hydroxylation sites is 1. The van der Waals surface area contributed by atoms with Crippen LogP contribution in [0, 0.1) is 17.1 Å². The van der Waals surface area contributed by atoms with E-state index in [1.54, 1.807) is 24.3 Å². The van der Waals surface area contributed by atoms with Crippen molar-refractivity contribution >= 4 is 40.9 Å². The molecule has 26 heavy (non-hydrogen) atoms. The Morgan fingerprint density at radius 1 is 1.23 bits per heavy atom. The van der Waals surface area contributed by atoms with Crippen LogP contribution in [-0.2, 0) is 20.7 Å². The topological polar surface area (TPSA) is 79.2 Å². The molecular weight excluding hydrogens is 379 g/mol. The van der Waals surface area contributed by atoms with Gasteiger partial charge in [0.1, 0.15) is 5.82 Å². The van der Waals surface area contributed by atoms with Gasteiger partial charge in [0.2, 0.25) is 0 Å². The van der Waals surface area contributed by atoms with Crippen LogP contribution in [0.1, 0.15) is 5.56 Å². The fraction of sp³-hybridized carbons (Fsp3) is 0.167. The highest BCUT2D eigenvalue weighted by Crippen LogP contribution is 2.26. The Bertz CT molecular complexity index is 834. The van der Waals surface area contributed by atoms with Crippen LogP contribution in [0.4, 0.5) is 10.1 Å². The lowest BCUT2D eigenvalue weighted by Crippen LogP contribution is -2.22. The predicted octanol–water partition coefficient (Wildman–Crippen LogP) is 3.82. The molecular formula is C18H14ClFN2O3S. The first-order valence-corrected chi connectivity index (χ1v) is 8.84. The molecule has 0 fully saturated rings. The van der Waals surface area contributed by atoms with E-state index in [0.29, 0.717) is 5.69 Å². The fourth-order valence-electron chi connectivity index (χ4n) is 2.03. The molecule has 2 aromatic carbocycles. The quantitative estimate of drug-likeness (QED) is 0.572. The number of carbonyl (C=O) groups excluding carboxylic acids is 2. The van der Waals surface area contributed by atoms with Crippen molar-refractivity contribution in [3.05, 3.63) is 58.9 Å². The van der Waals surface area contributed by atoms with Crippen molar-refractivity contribution in [2.45, 2.75) is 11.3 Å². The number of nitriles is 1. The first-order chi connectivity index (χ1) is 12.5. The highest BCUT2D eigenvalue weighted by Gasteiger charge is 2.15. The second kappa shape index (κ2) is 9.80. The molecule has 0 saturated heterocycles. The molecule has 0 bridgehead atoms. The van der Waals surface area contributed by atoms with E-state index in [9.17, 15) is 14.0 Å². The normalized spacial score (nSPS) is 10.0. The second-order valence-corrected chi connectivity index (χ2v) is 6.45. The summed E-state index contributed by atoms with van der Waals surface area (Å²) < 4.78 is 18.5. The van der Waals surface area contributed by atoms with Crippen LogP contribution < -0.4 is 5.32 Å². The van der Waals surface area contributed by atoms with Crippen LogP contribution in [-0.4, -0.2) is 24.2 Å². The molecule has 0 unspecified atom stereocenters. The summed E-state index contributed by atoms with van der Waals surface area (Å²) >= 11 is 7.13. The molecule has 1 N–H and O–H groups in total. The van der Waals surface area contributed by atoms with Gasteiger partial charge in [-0.3, -0.25) is 9.59 Å². The molecule has 0 aliphatic carbocycles. The number of anilines is 1. The summed E-state index contributed by atoms with van der Waals surface area (Å²) in [5, 5.41) is 11.4. The molecule has 5 nitrogen and oxygen atoms in total. The molecule has 0 aliphatic heterocycles. The average molecular weight is 393 g/mol. The second-order valence-electron chi connectivity index (χ2n) is 5.03. The van der Waals surface area contributed by atoms with Gasteiger partial charge in [0.25, 0.3) is 5.91 Å². The van der Waals surface area contributed by atoms with E-state index in [0.717, 1.165) is 4.90 Å². The molecule has 0 atom stereocenters. The summed E-state index contributed by atoms with van der Waals surface area (Å²) in [5.41, 5.74) is 0.545. The highest BCUT2D eigenvalue weighted by atomic mass is 35.5. The molecule has 8 heteroatoms. The number of hydrogen-bond donors (Lipinski definition) is 1. The number of esters is 1. The van der Waals surface area contributed by atoms with Crippen molar-refractivity contribution in [2.75, 3.05) is 17.7 Å². The molecule has 0 radical (unpaired) electrons. The summed E-state index contributed by atoms with van der Waals surface area (Å²) in [7, 11) is 0. The van der Waals surface area contributed by atoms with Crippen molar-refractivity contribution in [3.63, 3.8) is 0 Å². The van der Waals surface area contributed by atoms with Gasteiger partial charge >= 0.3 is 5.97 Å². The maximum atomic E-state index is 13.6. The molecule has 2 aromatic rings. The molecule has 0 saturated carbocycles. The van der Waals surface area contributed by atoms with Gasteiger partial charge in [-0.1, -0.05) is 29.8 Å². The number of rotatable bonds is 7. The molecule has 0 heterocycles. The van der Waals surface area contributed by atoms with Crippen LogP contribution >= 0.6 is 23.4 Å². The zero-order valence-corrected chi connectivity index (χ0v) is 15.1. The number of ether oxygens (including phenoxy) is 1. The van der Waals surface area contributed by atoms with Gasteiger partial charge in [0.05, 0.1) is 23.9 Å². The van der Waals surface area contributed by atoms with Crippen LogP contribution in [0.2, 0.25) is 5.02 Å². The first kappa shape index (κ1) is 19.8. The van der Waals surface area contributed by atoms with E-state index < -0.39 is 24.3 Å². The first-order valence-electron chi connectivity index (χ1n) is 7.48. The standard InChI is InChI=1S/C18H14ClFN2O3S/c19-13-4-3-5-14(20)12(13)10-18(24)25-11-17(23)22-15-6-1-2-7-16(15)26-9-8-21/h1-7H,9-11H2,(H,22,23). The Morgan fingerprint density at radius 3 is 2.73 bits per heavy atom. The maximum Gasteiger partial charge on any atom is 0.310 e. The molecule has 134 valence electrons. The minimum absolute atomic E-state index is 0.0258. The van der Waals surface area contributed by atoms with Gasteiger partial charge in [-0.15, -0.1) is 11.8 Å². The maximum absolute atomic E-state index is 13.6. The van der Waals surface area contributed by atoms with E-state index in [2.05, 4.69) is 5.32 Å². The Hall–Kier alpha value is -2.56. The number of benzene rings is 2. The van der Waals surface area contributed by atoms with Gasteiger partial charge in [0.15, 0.2) is 6.61 Å². The lowest BCUT2D eigenvalue weighted by atomic mass is 10.1. The van der Waals surface area contributed by atoms with Gasteiger partial charge in [0, 0.05) is 15.5 Å². The molecule has 1 amide bonds. The fourth-order valence-corrected chi connectivity index (χ4v) is 2.93. The lowest BCUT2D eigenvalue weighted by Gasteiger charge is -2.10. The zero-order chi connectivity index (χ0) is 18.9. The zero-order valence-electron chi connectivity index (χ0n) is 13.5. The monoisotopic (exact) mass is 392 g/mol. The minimum Gasteiger partial charge on any atom is -0.455 e. The third kappa shape index (κ3) is 5.76. The van der Waals surface area contributed by atoms with E-state index >= 15 is 0 Å². The average Bonchev–Trinajstić information content (AvgIpc) is 2.62. The summed E-state index contributed by atoms with van der Waals surface area (Å²) in [6.07, 6.45) is -0.368. The molecule has 0 aliphatic rings. The minimum atomic E-state index is -0.765. The van der Waals surface area contributed by atoms with E-state index in [-0.39, 0.29) is 22.8 Å². The smallest absolute Gasteiger partial charge is 0.310 e. The lowest BCUT2D eigenvalue weighted by molar-refractivity contribution is -0.146. The molecule has 2 rings (SSSR count). The van der Waals surface area contributed by atoms with Crippen molar-refractivity contribution in [3.8, 4) is 6.07 Å². The number of nitrogens with one attached hydrogen (secondary N) is 1.